The molecule has 4 bridgehead atoms. The smallest absolute Gasteiger partial charge is 0.338 e. The van der Waals surface area contributed by atoms with Gasteiger partial charge in [0.1, 0.15) is 0 Å². The number of benzene rings is 1. The largest absolute Gasteiger partial charge is 0.452 e. The molecule has 4 aliphatic carbocycles. The molecule has 1 aromatic carbocycles. The zero-order valence-electron chi connectivity index (χ0n) is 16.7. The van der Waals surface area contributed by atoms with E-state index in [1.807, 2.05) is 12.1 Å². The first-order chi connectivity index (χ1) is 12.7. The van der Waals surface area contributed by atoms with Crippen molar-refractivity contribution in [3.05, 3.63) is 35.4 Å². The highest BCUT2D eigenvalue weighted by Crippen LogP contribution is 2.55. The van der Waals surface area contributed by atoms with Crippen LogP contribution in [0.15, 0.2) is 24.3 Å². The zero-order valence-corrected chi connectivity index (χ0v) is 16.7. The maximum atomic E-state index is 12.5. The quantitative estimate of drug-likeness (QED) is 0.808. The Morgan fingerprint density at radius 3 is 2.00 bits per heavy atom. The van der Waals surface area contributed by atoms with Crippen molar-refractivity contribution in [3.8, 4) is 0 Å². The van der Waals surface area contributed by atoms with E-state index in [-0.39, 0.29) is 23.5 Å². The van der Waals surface area contributed by atoms with Crippen LogP contribution < -0.4 is 5.32 Å². The minimum atomic E-state index is -0.434. The number of nitrogens with one attached hydrogen (secondary N) is 1. The molecule has 4 fully saturated rings. The molecule has 0 radical (unpaired) electrons. The lowest BCUT2D eigenvalue weighted by atomic mass is 9.53. The van der Waals surface area contributed by atoms with Crippen LogP contribution >= 0.6 is 0 Å². The molecule has 0 atom stereocenters. The Balaban J connectivity index is 1.31. The monoisotopic (exact) mass is 369 g/mol. The minimum absolute atomic E-state index is 0.0351. The molecule has 0 aromatic heterocycles. The maximum absolute atomic E-state index is 12.5. The Morgan fingerprint density at radius 2 is 1.52 bits per heavy atom. The molecule has 0 spiro atoms. The Kier molecular flexibility index (Phi) is 4.56. The van der Waals surface area contributed by atoms with Gasteiger partial charge in [0.05, 0.1) is 5.56 Å². The van der Waals surface area contributed by atoms with E-state index >= 15 is 0 Å². The van der Waals surface area contributed by atoms with Crippen LogP contribution in [0, 0.1) is 17.8 Å². The third-order valence-electron chi connectivity index (χ3n) is 6.76. The van der Waals surface area contributed by atoms with Crippen LogP contribution in [-0.2, 0) is 14.9 Å². The van der Waals surface area contributed by atoms with Crippen LogP contribution in [-0.4, -0.2) is 24.0 Å². The summed E-state index contributed by atoms with van der Waals surface area (Å²) in [7, 11) is 0. The van der Waals surface area contributed by atoms with Gasteiger partial charge in [-0.3, -0.25) is 4.79 Å². The van der Waals surface area contributed by atoms with Gasteiger partial charge in [0.2, 0.25) is 0 Å². The number of amides is 1. The Morgan fingerprint density at radius 1 is 1.00 bits per heavy atom. The second-order valence-corrected chi connectivity index (χ2v) is 10.1. The average molecular weight is 370 g/mol. The predicted octanol–water partition coefficient (Wildman–Crippen LogP) is 4.23. The molecule has 0 saturated heterocycles. The summed E-state index contributed by atoms with van der Waals surface area (Å²) in [6, 6.07) is 7.46. The molecule has 146 valence electrons. The number of carbonyl (C=O) groups excluding carboxylic acids is 2. The molecular formula is C23H31NO3. The van der Waals surface area contributed by atoms with Gasteiger partial charge in [-0.05, 0) is 79.4 Å². The summed E-state index contributed by atoms with van der Waals surface area (Å²) in [5.41, 5.74) is 1.66. The van der Waals surface area contributed by atoms with Gasteiger partial charge in [-0.25, -0.2) is 4.79 Å². The SMILES string of the molecule is CC(C)(C)c1ccc(C(=O)OCC(=O)NC23CC4CC(CC(C4)C2)C3)cc1. The van der Waals surface area contributed by atoms with Gasteiger partial charge in [-0.2, -0.15) is 0 Å². The Labute approximate surface area is 162 Å². The van der Waals surface area contributed by atoms with Crippen LogP contribution in [0.2, 0.25) is 0 Å². The normalized spacial score (nSPS) is 31.6. The van der Waals surface area contributed by atoms with E-state index in [0.717, 1.165) is 37.0 Å². The van der Waals surface area contributed by atoms with Crippen molar-refractivity contribution < 1.29 is 14.3 Å². The van der Waals surface area contributed by atoms with E-state index in [1.165, 1.54) is 24.8 Å². The Bertz CT molecular complexity index is 694. The predicted molar refractivity (Wildman–Crippen MR) is 104 cm³/mol. The van der Waals surface area contributed by atoms with Crippen LogP contribution in [0.3, 0.4) is 0 Å². The molecule has 0 heterocycles. The van der Waals surface area contributed by atoms with Crippen LogP contribution in [0.1, 0.15) is 75.2 Å². The van der Waals surface area contributed by atoms with E-state index in [1.54, 1.807) is 12.1 Å². The number of hydrogen-bond acceptors (Lipinski definition) is 3. The molecule has 4 nitrogen and oxygen atoms in total. The molecule has 4 aliphatic rings. The van der Waals surface area contributed by atoms with Gasteiger partial charge in [0.15, 0.2) is 6.61 Å². The standard InChI is InChI=1S/C23H31NO3/c1-22(2,3)19-6-4-18(5-7-19)21(26)27-14-20(25)24-23-11-15-8-16(12-23)10-17(9-15)13-23/h4-7,15-17H,8-14H2,1-3H3,(H,24,25). The molecule has 4 saturated carbocycles. The lowest BCUT2D eigenvalue weighted by Gasteiger charge is -2.56. The fourth-order valence-electron chi connectivity index (χ4n) is 5.92. The zero-order chi connectivity index (χ0) is 19.2. The van der Waals surface area contributed by atoms with Crippen molar-refractivity contribution in [2.45, 2.75) is 70.3 Å². The lowest BCUT2D eigenvalue weighted by molar-refractivity contribution is -0.130. The summed E-state index contributed by atoms with van der Waals surface area (Å²) in [6.45, 7) is 6.21. The summed E-state index contributed by atoms with van der Waals surface area (Å²) in [6.07, 6.45) is 7.34. The van der Waals surface area contributed by atoms with Crippen molar-refractivity contribution in [1.29, 1.82) is 0 Å². The van der Waals surface area contributed by atoms with Crippen molar-refractivity contribution in [2.24, 2.45) is 17.8 Å². The van der Waals surface area contributed by atoms with E-state index < -0.39 is 5.97 Å². The first-order valence-corrected chi connectivity index (χ1v) is 10.3. The molecule has 1 amide bonds. The average Bonchev–Trinajstić information content (AvgIpc) is 2.57. The van der Waals surface area contributed by atoms with E-state index in [4.69, 9.17) is 4.74 Å². The van der Waals surface area contributed by atoms with E-state index in [0.29, 0.717) is 5.56 Å². The first-order valence-electron chi connectivity index (χ1n) is 10.3. The Hall–Kier alpha value is -1.84. The number of rotatable bonds is 4. The number of carbonyl (C=O) groups is 2. The fourth-order valence-corrected chi connectivity index (χ4v) is 5.92. The van der Waals surface area contributed by atoms with Crippen LogP contribution in [0.4, 0.5) is 0 Å². The minimum Gasteiger partial charge on any atom is -0.452 e. The van der Waals surface area contributed by atoms with Gasteiger partial charge < -0.3 is 10.1 Å². The lowest BCUT2D eigenvalue weighted by Crippen LogP contribution is -2.60. The molecule has 27 heavy (non-hydrogen) atoms. The molecule has 0 aliphatic heterocycles. The third-order valence-corrected chi connectivity index (χ3v) is 6.76. The number of esters is 1. The summed E-state index contributed by atoms with van der Waals surface area (Å²) >= 11 is 0. The highest BCUT2D eigenvalue weighted by atomic mass is 16.5. The number of hydrogen-bond donors (Lipinski definition) is 1. The number of ether oxygens (including phenoxy) is 1. The molecule has 1 N–H and O–H groups in total. The second-order valence-electron chi connectivity index (χ2n) is 10.1. The van der Waals surface area contributed by atoms with E-state index in [2.05, 4.69) is 26.1 Å². The topological polar surface area (TPSA) is 55.4 Å². The van der Waals surface area contributed by atoms with Crippen molar-refractivity contribution in [2.75, 3.05) is 6.61 Å². The highest BCUT2D eigenvalue weighted by molar-refractivity contribution is 5.91. The maximum Gasteiger partial charge on any atom is 0.338 e. The molecular weight excluding hydrogens is 338 g/mol. The summed E-state index contributed by atoms with van der Waals surface area (Å²) in [5.74, 6) is 1.74. The molecule has 0 unspecified atom stereocenters. The summed E-state index contributed by atoms with van der Waals surface area (Å²) in [5, 5.41) is 3.24. The van der Waals surface area contributed by atoms with Gasteiger partial charge in [0, 0.05) is 5.54 Å². The second kappa shape index (κ2) is 6.65. The molecule has 4 heteroatoms. The first kappa shape index (κ1) is 18.5. The van der Waals surface area contributed by atoms with Gasteiger partial charge in [-0.15, -0.1) is 0 Å². The summed E-state index contributed by atoms with van der Waals surface area (Å²) < 4.78 is 5.28. The summed E-state index contributed by atoms with van der Waals surface area (Å²) in [4.78, 5) is 24.7. The van der Waals surface area contributed by atoms with Gasteiger partial charge in [0.25, 0.3) is 5.91 Å². The van der Waals surface area contributed by atoms with Crippen molar-refractivity contribution >= 4 is 11.9 Å². The van der Waals surface area contributed by atoms with Gasteiger partial charge >= 0.3 is 5.97 Å². The highest BCUT2D eigenvalue weighted by Gasteiger charge is 2.51. The van der Waals surface area contributed by atoms with Crippen LogP contribution in [0.25, 0.3) is 0 Å². The van der Waals surface area contributed by atoms with E-state index in [9.17, 15) is 9.59 Å². The molecule has 1 aromatic rings. The van der Waals surface area contributed by atoms with Gasteiger partial charge in [-0.1, -0.05) is 32.9 Å². The van der Waals surface area contributed by atoms with Crippen molar-refractivity contribution in [3.63, 3.8) is 0 Å². The van der Waals surface area contributed by atoms with Crippen molar-refractivity contribution in [1.82, 2.24) is 5.32 Å². The molecule has 5 rings (SSSR count). The third kappa shape index (κ3) is 3.90. The fraction of sp³-hybridized carbons (Fsp3) is 0.652. The van der Waals surface area contributed by atoms with Crippen LogP contribution in [0.5, 0.6) is 0 Å².